The van der Waals surface area contributed by atoms with Gasteiger partial charge in [0, 0.05) is 43.2 Å². The van der Waals surface area contributed by atoms with Crippen molar-refractivity contribution < 1.29 is 9.59 Å². The van der Waals surface area contributed by atoms with Gasteiger partial charge < -0.3 is 10.2 Å². The third-order valence-electron chi connectivity index (χ3n) is 4.73. The minimum atomic E-state index is -0.0732. The van der Waals surface area contributed by atoms with Crippen LogP contribution in [0.3, 0.4) is 0 Å². The summed E-state index contributed by atoms with van der Waals surface area (Å²) in [4.78, 5) is 34.8. The van der Waals surface area contributed by atoms with E-state index in [0.717, 1.165) is 23.1 Å². The minimum Gasteiger partial charge on any atom is -0.326 e. The molecule has 136 valence electrons. The van der Waals surface area contributed by atoms with Crippen LogP contribution in [0.5, 0.6) is 0 Å². The summed E-state index contributed by atoms with van der Waals surface area (Å²) in [5, 5.41) is 2.89. The average Bonchev–Trinajstić information content (AvgIpc) is 2.69. The van der Waals surface area contributed by atoms with E-state index in [1.54, 1.807) is 17.3 Å². The Labute approximate surface area is 157 Å². The number of para-hydroxylation sites is 1. The van der Waals surface area contributed by atoms with Gasteiger partial charge in [0.2, 0.25) is 11.8 Å². The van der Waals surface area contributed by atoms with Gasteiger partial charge in [-0.1, -0.05) is 18.2 Å². The fourth-order valence-corrected chi connectivity index (χ4v) is 3.40. The lowest BCUT2D eigenvalue weighted by Crippen LogP contribution is -2.36. The minimum absolute atomic E-state index is 0.0732. The van der Waals surface area contributed by atoms with Gasteiger partial charge in [-0.05, 0) is 42.7 Å². The van der Waals surface area contributed by atoms with E-state index < -0.39 is 0 Å². The molecule has 1 aliphatic rings. The predicted octanol–water partition coefficient (Wildman–Crippen LogP) is 3.33. The lowest BCUT2D eigenvalue weighted by atomic mass is 10.0. The molecule has 0 bridgehead atoms. The van der Waals surface area contributed by atoms with Crippen LogP contribution in [0, 0.1) is 0 Å². The van der Waals surface area contributed by atoms with Crippen LogP contribution in [-0.2, 0) is 16.0 Å². The molecule has 1 aliphatic heterocycles. The first-order valence-electron chi connectivity index (χ1n) is 9.09. The average molecular weight is 360 g/mol. The van der Waals surface area contributed by atoms with Crippen LogP contribution < -0.4 is 10.2 Å². The Hall–Kier alpha value is -3.28. The van der Waals surface area contributed by atoms with E-state index in [0.29, 0.717) is 31.5 Å². The van der Waals surface area contributed by atoms with Crippen LogP contribution in [-0.4, -0.2) is 28.3 Å². The summed E-state index contributed by atoms with van der Waals surface area (Å²) in [6.07, 6.45) is 5.55. The predicted molar refractivity (Wildman–Crippen MR) is 105 cm³/mol. The molecule has 0 atom stereocenters. The van der Waals surface area contributed by atoms with E-state index in [4.69, 9.17) is 0 Å². The maximum absolute atomic E-state index is 12.3. The Morgan fingerprint density at radius 1 is 1.04 bits per heavy atom. The van der Waals surface area contributed by atoms with Crippen LogP contribution in [0.1, 0.15) is 24.8 Å². The second-order valence-corrected chi connectivity index (χ2v) is 6.59. The number of fused-ring (bicyclic) bond motifs is 2. The SMILES string of the molecule is O=C(CCCN1C(=O)CCc2ccccc21)Nc1ccc2nccnc2c1. The Balaban J connectivity index is 1.35. The molecule has 0 radical (unpaired) electrons. The molecular formula is C21H20N4O2. The number of hydrogen-bond donors (Lipinski definition) is 1. The van der Waals surface area contributed by atoms with Gasteiger partial charge in [0.15, 0.2) is 0 Å². The van der Waals surface area contributed by atoms with Crippen LogP contribution >= 0.6 is 0 Å². The van der Waals surface area contributed by atoms with Gasteiger partial charge in [0.1, 0.15) is 0 Å². The highest BCUT2D eigenvalue weighted by atomic mass is 16.2. The number of nitrogens with one attached hydrogen (secondary N) is 1. The molecule has 2 heterocycles. The number of carbonyl (C=O) groups excluding carboxylic acids is 2. The normalized spacial score (nSPS) is 13.5. The third-order valence-corrected chi connectivity index (χ3v) is 4.73. The highest BCUT2D eigenvalue weighted by Gasteiger charge is 2.23. The molecule has 6 nitrogen and oxygen atoms in total. The maximum atomic E-state index is 12.3. The summed E-state index contributed by atoms with van der Waals surface area (Å²) < 4.78 is 0. The van der Waals surface area contributed by atoms with Crippen molar-refractivity contribution in [2.75, 3.05) is 16.8 Å². The van der Waals surface area contributed by atoms with E-state index in [-0.39, 0.29) is 11.8 Å². The first-order valence-corrected chi connectivity index (χ1v) is 9.09. The fraction of sp³-hybridized carbons (Fsp3) is 0.238. The molecular weight excluding hydrogens is 340 g/mol. The van der Waals surface area contributed by atoms with Crippen molar-refractivity contribution in [2.24, 2.45) is 0 Å². The highest BCUT2D eigenvalue weighted by Crippen LogP contribution is 2.27. The van der Waals surface area contributed by atoms with E-state index in [1.165, 1.54) is 5.56 Å². The highest BCUT2D eigenvalue weighted by molar-refractivity contribution is 5.96. The van der Waals surface area contributed by atoms with Gasteiger partial charge in [-0.15, -0.1) is 0 Å². The number of carbonyl (C=O) groups is 2. The summed E-state index contributed by atoms with van der Waals surface area (Å²) in [5.74, 6) is 0.0539. The van der Waals surface area contributed by atoms with E-state index >= 15 is 0 Å². The van der Waals surface area contributed by atoms with Crippen molar-refractivity contribution in [3.63, 3.8) is 0 Å². The number of aromatic nitrogens is 2. The zero-order chi connectivity index (χ0) is 18.6. The molecule has 1 aromatic heterocycles. The van der Waals surface area contributed by atoms with Gasteiger partial charge in [0.25, 0.3) is 0 Å². The fourth-order valence-electron chi connectivity index (χ4n) is 3.40. The van der Waals surface area contributed by atoms with Gasteiger partial charge in [-0.2, -0.15) is 0 Å². The van der Waals surface area contributed by atoms with Crippen LogP contribution in [0.4, 0.5) is 11.4 Å². The lowest BCUT2D eigenvalue weighted by molar-refractivity contribution is -0.119. The third kappa shape index (κ3) is 3.79. The molecule has 6 heteroatoms. The molecule has 0 aliphatic carbocycles. The molecule has 4 rings (SSSR count). The molecule has 0 saturated heterocycles. The molecule has 27 heavy (non-hydrogen) atoms. The molecule has 0 fully saturated rings. The molecule has 0 saturated carbocycles. The van der Waals surface area contributed by atoms with E-state index in [1.807, 2.05) is 36.4 Å². The van der Waals surface area contributed by atoms with Crippen molar-refractivity contribution >= 4 is 34.2 Å². The summed E-state index contributed by atoms with van der Waals surface area (Å²) in [5.41, 5.74) is 4.40. The lowest BCUT2D eigenvalue weighted by Gasteiger charge is -2.29. The first-order chi connectivity index (χ1) is 13.2. The second kappa shape index (κ2) is 7.53. The number of amides is 2. The standard InChI is InChI=1S/C21H20N4O2/c26-20(24-16-8-9-17-18(14-16)23-12-11-22-17)6-3-13-25-19-5-2-1-4-15(19)7-10-21(25)27/h1-2,4-5,8-9,11-12,14H,3,6-7,10,13H2,(H,24,26). The second-order valence-electron chi connectivity index (χ2n) is 6.59. The van der Waals surface area contributed by atoms with Crippen molar-refractivity contribution in [3.8, 4) is 0 Å². The topological polar surface area (TPSA) is 75.2 Å². The maximum Gasteiger partial charge on any atom is 0.227 e. The van der Waals surface area contributed by atoms with Crippen molar-refractivity contribution in [3.05, 3.63) is 60.4 Å². The molecule has 0 spiro atoms. The Morgan fingerprint density at radius 2 is 1.85 bits per heavy atom. The van der Waals surface area contributed by atoms with Gasteiger partial charge in [0.05, 0.1) is 11.0 Å². The van der Waals surface area contributed by atoms with Gasteiger partial charge >= 0.3 is 0 Å². The van der Waals surface area contributed by atoms with Gasteiger partial charge in [-0.3, -0.25) is 19.6 Å². The summed E-state index contributed by atoms with van der Waals surface area (Å²) in [6.45, 7) is 0.548. The molecule has 2 amide bonds. The number of nitrogens with zero attached hydrogens (tertiary/aromatic N) is 3. The zero-order valence-electron chi connectivity index (χ0n) is 14.9. The Kier molecular flexibility index (Phi) is 4.78. The number of aryl methyl sites for hydroxylation is 1. The quantitative estimate of drug-likeness (QED) is 0.757. The first kappa shape index (κ1) is 17.1. The van der Waals surface area contributed by atoms with E-state index in [2.05, 4.69) is 21.4 Å². The number of benzene rings is 2. The molecule has 0 unspecified atom stereocenters. The van der Waals surface area contributed by atoms with Gasteiger partial charge in [-0.25, -0.2) is 0 Å². The molecule has 3 aromatic rings. The van der Waals surface area contributed by atoms with E-state index in [9.17, 15) is 9.59 Å². The summed E-state index contributed by atoms with van der Waals surface area (Å²) in [7, 11) is 0. The van der Waals surface area contributed by atoms with Crippen LogP contribution in [0.2, 0.25) is 0 Å². The number of anilines is 2. The molecule has 1 N–H and O–H groups in total. The zero-order valence-corrected chi connectivity index (χ0v) is 14.9. The summed E-state index contributed by atoms with van der Waals surface area (Å²) in [6, 6.07) is 13.4. The Bertz CT molecular complexity index is 1000. The Morgan fingerprint density at radius 3 is 2.74 bits per heavy atom. The van der Waals surface area contributed by atoms with Crippen molar-refractivity contribution in [2.45, 2.75) is 25.7 Å². The molecule has 2 aromatic carbocycles. The largest absolute Gasteiger partial charge is 0.326 e. The monoisotopic (exact) mass is 360 g/mol. The number of hydrogen-bond acceptors (Lipinski definition) is 4. The smallest absolute Gasteiger partial charge is 0.227 e. The van der Waals surface area contributed by atoms with Crippen molar-refractivity contribution in [1.29, 1.82) is 0 Å². The van der Waals surface area contributed by atoms with Crippen LogP contribution in [0.15, 0.2) is 54.9 Å². The van der Waals surface area contributed by atoms with Crippen LogP contribution in [0.25, 0.3) is 11.0 Å². The number of rotatable bonds is 5. The summed E-state index contributed by atoms with van der Waals surface area (Å²) >= 11 is 0. The van der Waals surface area contributed by atoms with Crippen molar-refractivity contribution in [1.82, 2.24) is 9.97 Å².